The lowest BCUT2D eigenvalue weighted by Crippen LogP contribution is -1.83. The zero-order valence-electron chi connectivity index (χ0n) is 8.35. The van der Waals surface area contributed by atoms with E-state index in [4.69, 9.17) is 11.6 Å². The summed E-state index contributed by atoms with van der Waals surface area (Å²) >= 11 is 7.85. The maximum Gasteiger partial charge on any atom is 0.0832 e. The highest BCUT2D eigenvalue weighted by Crippen LogP contribution is 2.31. The first-order chi connectivity index (χ1) is 7.84. The van der Waals surface area contributed by atoms with Crippen LogP contribution in [0.3, 0.4) is 0 Å². The van der Waals surface area contributed by atoms with Crippen LogP contribution in [0.25, 0.3) is 21.5 Å². The van der Waals surface area contributed by atoms with Crippen molar-refractivity contribution >= 4 is 33.2 Å². The summed E-state index contributed by atoms with van der Waals surface area (Å²) in [6.07, 6.45) is 0. The number of benzene rings is 1. The van der Waals surface area contributed by atoms with E-state index < -0.39 is 0 Å². The molecule has 0 bridgehead atoms. The predicted octanol–water partition coefficient (Wildman–Crippen LogP) is 4.62. The lowest BCUT2D eigenvalue weighted by molar-refractivity contribution is 1.41. The van der Waals surface area contributed by atoms with Crippen molar-refractivity contribution in [2.45, 2.75) is 0 Å². The van der Waals surface area contributed by atoms with Crippen LogP contribution in [-0.4, -0.2) is 4.98 Å². The molecule has 3 heteroatoms. The van der Waals surface area contributed by atoms with Crippen LogP contribution in [-0.2, 0) is 0 Å². The van der Waals surface area contributed by atoms with Crippen molar-refractivity contribution in [2.75, 3.05) is 0 Å². The van der Waals surface area contributed by atoms with Gasteiger partial charge < -0.3 is 0 Å². The van der Waals surface area contributed by atoms with Crippen molar-refractivity contribution in [3.05, 3.63) is 52.9 Å². The van der Waals surface area contributed by atoms with Gasteiger partial charge in [0.2, 0.25) is 0 Å². The van der Waals surface area contributed by atoms with Crippen LogP contribution in [0.4, 0.5) is 0 Å². The number of thiophene rings is 1. The Hall–Kier alpha value is -1.38. The second-order valence-electron chi connectivity index (χ2n) is 3.49. The molecule has 0 amide bonds. The Morgan fingerprint density at radius 3 is 2.69 bits per heavy atom. The summed E-state index contributed by atoms with van der Waals surface area (Å²) in [5.74, 6) is 0. The van der Waals surface area contributed by atoms with Gasteiger partial charge in [-0.25, -0.2) is 4.98 Å². The molecule has 0 unspecified atom stereocenters. The molecule has 0 aliphatic carbocycles. The summed E-state index contributed by atoms with van der Waals surface area (Å²) in [6.45, 7) is 0. The molecule has 0 aliphatic rings. The highest BCUT2D eigenvalue weighted by Gasteiger charge is 2.06. The summed E-state index contributed by atoms with van der Waals surface area (Å²) < 4.78 is 1.06. The second kappa shape index (κ2) is 3.89. The van der Waals surface area contributed by atoms with E-state index in [0.717, 1.165) is 26.5 Å². The van der Waals surface area contributed by atoms with E-state index >= 15 is 0 Å². The number of pyridine rings is 1. The summed E-state index contributed by atoms with van der Waals surface area (Å²) in [6, 6.07) is 14.0. The summed E-state index contributed by atoms with van der Waals surface area (Å²) in [5, 5.41) is 2.79. The molecule has 0 radical (unpaired) electrons. The summed E-state index contributed by atoms with van der Waals surface area (Å²) in [7, 11) is 0. The predicted molar refractivity (Wildman–Crippen MR) is 70.1 cm³/mol. The van der Waals surface area contributed by atoms with E-state index in [2.05, 4.69) is 4.98 Å². The van der Waals surface area contributed by atoms with E-state index in [0.29, 0.717) is 0 Å². The summed E-state index contributed by atoms with van der Waals surface area (Å²) in [5.41, 5.74) is 2.99. The van der Waals surface area contributed by atoms with Gasteiger partial charge in [-0.15, -0.1) is 11.3 Å². The van der Waals surface area contributed by atoms with Crippen LogP contribution in [0.2, 0.25) is 5.02 Å². The molecule has 2 aromatic heterocycles. The average Bonchev–Trinajstić information content (AvgIpc) is 2.79. The standard InChI is InChI=1S/C13H8ClNS/c14-10-8-12(9-4-2-1-3-5-9)15-11-6-7-16-13(10)11/h1-8H. The van der Waals surface area contributed by atoms with Crippen LogP contribution in [0.5, 0.6) is 0 Å². The number of hydrogen-bond donors (Lipinski definition) is 0. The zero-order chi connectivity index (χ0) is 11.0. The van der Waals surface area contributed by atoms with Crippen molar-refractivity contribution in [3.8, 4) is 11.3 Å². The van der Waals surface area contributed by atoms with Gasteiger partial charge in [-0.1, -0.05) is 41.9 Å². The lowest BCUT2D eigenvalue weighted by atomic mass is 10.1. The highest BCUT2D eigenvalue weighted by molar-refractivity contribution is 7.17. The maximum absolute atomic E-state index is 6.22. The maximum atomic E-state index is 6.22. The number of rotatable bonds is 1. The number of nitrogens with zero attached hydrogens (tertiary/aromatic N) is 1. The molecule has 0 saturated heterocycles. The fourth-order valence-electron chi connectivity index (χ4n) is 1.67. The highest BCUT2D eigenvalue weighted by atomic mass is 35.5. The van der Waals surface area contributed by atoms with Crippen molar-refractivity contribution < 1.29 is 0 Å². The van der Waals surface area contributed by atoms with Gasteiger partial charge >= 0.3 is 0 Å². The van der Waals surface area contributed by atoms with Crippen molar-refractivity contribution in [3.63, 3.8) is 0 Å². The molecule has 3 aromatic rings. The average molecular weight is 246 g/mol. The topological polar surface area (TPSA) is 12.9 Å². The van der Waals surface area contributed by atoms with Crippen LogP contribution >= 0.6 is 22.9 Å². The van der Waals surface area contributed by atoms with Crippen molar-refractivity contribution in [1.82, 2.24) is 4.98 Å². The Morgan fingerprint density at radius 1 is 1.06 bits per heavy atom. The Morgan fingerprint density at radius 2 is 1.88 bits per heavy atom. The van der Waals surface area contributed by atoms with E-state index in [1.54, 1.807) is 11.3 Å². The molecular weight excluding hydrogens is 238 g/mol. The van der Waals surface area contributed by atoms with Gasteiger partial charge in [0, 0.05) is 5.56 Å². The normalized spacial score (nSPS) is 10.8. The van der Waals surface area contributed by atoms with Gasteiger partial charge in [0.25, 0.3) is 0 Å². The van der Waals surface area contributed by atoms with Gasteiger partial charge in [-0.3, -0.25) is 0 Å². The quantitative estimate of drug-likeness (QED) is 0.610. The number of fused-ring (bicyclic) bond motifs is 1. The molecule has 0 fully saturated rings. The van der Waals surface area contributed by atoms with Gasteiger partial charge in [-0.2, -0.15) is 0 Å². The molecule has 1 aromatic carbocycles. The van der Waals surface area contributed by atoms with Crippen LogP contribution in [0, 0.1) is 0 Å². The van der Waals surface area contributed by atoms with Gasteiger partial charge in [0.15, 0.2) is 0 Å². The molecule has 1 nitrogen and oxygen atoms in total. The fourth-order valence-corrected chi connectivity index (χ4v) is 2.75. The molecule has 0 N–H and O–H groups in total. The molecular formula is C13H8ClNS. The SMILES string of the molecule is Clc1cc(-c2ccccc2)nc2ccsc12. The minimum atomic E-state index is 0.777. The minimum Gasteiger partial charge on any atom is -0.247 e. The van der Waals surface area contributed by atoms with Gasteiger partial charge in [0.1, 0.15) is 0 Å². The number of hydrogen-bond acceptors (Lipinski definition) is 2. The third kappa shape index (κ3) is 1.60. The Labute approximate surface area is 102 Å². The first kappa shape index (κ1) is 9.82. The Kier molecular flexibility index (Phi) is 2.39. The number of aromatic nitrogens is 1. The number of halogens is 1. The molecule has 16 heavy (non-hydrogen) atoms. The third-order valence-corrected chi connectivity index (χ3v) is 3.78. The van der Waals surface area contributed by atoms with E-state index in [1.807, 2.05) is 47.8 Å². The molecule has 0 saturated carbocycles. The largest absolute Gasteiger partial charge is 0.247 e. The van der Waals surface area contributed by atoms with Crippen molar-refractivity contribution in [1.29, 1.82) is 0 Å². The molecule has 0 spiro atoms. The first-order valence-corrected chi connectivity index (χ1v) is 6.19. The van der Waals surface area contributed by atoms with Gasteiger partial charge in [-0.05, 0) is 17.5 Å². The second-order valence-corrected chi connectivity index (χ2v) is 4.81. The monoisotopic (exact) mass is 245 g/mol. The van der Waals surface area contributed by atoms with Crippen LogP contribution in [0.15, 0.2) is 47.8 Å². The Balaban J connectivity index is 2.25. The molecule has 78 valence electrons. The lowest BCUT2D eigenvalue weighted by Gasteiger charge is -2.02. The van der Waals surface area contributed by atoms with Crippen LogP contribution in [0.1, 0.15) is 0 Å². The van der Waals surface area contributed by atoms with Crippen molar-refractivity contribution in [2.24, 2.45) is 0 Å². The molecule has 0 aliphatic heterocycles. The molecule has 3 rings (SSSR count). The fraction of sp³-hybridized carbons (Fsp3) is 0. The van der Waals surface area contributed by atoms with E-state index in [1.165, 1.54) is 0 Å². The minimum absolute atomic E-state index is 0.777. The van der Waals surface area contributed by atoms with E-state index in [9.17, 15) is 0 Å². The van der Waals surface area contributed by atoms with Crippen LogP contribution < -0.4 is 0 Å². The summed E-state index contributed by atoms with van der Waals surface area (Å²) in [4.78, 5) is 4.59. The smallest absolute Gasteiger partial charge is 0.0832 e. The third-order valence-electron chi connectivity index (χ3n) is 2.44. The van der Waals surface area contributed by atoms with Gasteiger partial charge in [0.05, 0.1) is 20.9 Å². The molecule has 0 atom stereocenters. The first-order valence-electron chi connectivity index (χ1n) is 4.94. The zero-order valence-corrected chi connectivity index (χ0v) is 9.92. The molecule has 2 heterocycles. The Bertz CT molecular complexity index is 631. The van der Waals surface area contributed by atoms with E-state index in [-0.39, 0.29) is 0 Å².